The Labute approximate surface area is 136 Å². The first-order chi connectivity index (χ1) is 10.6. The fourth-order valence-electron chi connectivity index (χ4n) is 1.83. The Bertz CT molecular complexity index is 565. The maximum atomic E-state index is 11.7. The predicted octanol–water partition coefficient (Wildman–Crippen LogP) is 4.40. The number of hydrogen-bond donors (Lipinski definition) is 2. The number of nitrogens with one attached hydrogen (secondary N) is 2. The van der Waals surface area contributed by atoms with Gasteiger partial charge in [0.25, 0.3) is 5.69 Å². The highest BCUT2D eigenvalue weighted by molar-refractivity contribution is 5.86. The quantitative estimate of drug-likeness (QED) is 0.598. The highest BCUT2D eigenvalue weighted by Crippen LogP contribution is 2.28. The van der Waals surface area contributed by atoms with E-state index in [2.05, 4.69) is 24.5 Å². The number of ether oxygens (including phenoxy) is 1. The molecule has 0 fully saturated rings. The average molecular weight is 323 g/mol. The van der Waals surface area contributed by atoms with Crippen LogP contribution in [0.1, 0.15) is 41.0 Å². The number of anilines is 2. The molecule has 0 spiro atoms. The Morgan fingerprint density at radius 2 is 2.00 bits per heavy atom. The lowest BCUT2D eigenvalue weighted by atomic mass is 10.1. The molecule has 0 aromatic heterocycles. The molecular formula is C16H25N3O4. The lowest BCUT2D eigenvalue weighted by Gasteiger charge is -2.19. The summed E-state index contributed by atoms with van der Waals surface area (Å²) in [4.78, 5) is 22.5. The molecule has 128 valence electrons. The molecule has 1 aromatic rings. The molecule has 0 bridgehead atoms. The Balaban J connectivity index is 2.82. The first-order valence-corrected chi connectivity index (χ1v) is 7.61. The van der Waals surface area contributed by atoms with Crippen LogP contribution in [0.25, 0.3) is 0 Å². The van der Waals surface area contributed by atoms with Crippen LogP contribution in [-0.2, 0) is 4.74 Å². The number of amides is 1. The monoisotopic (exact) mass is 323 g/mol. The molecular weight excluding hydrogens is 298 g/mol. The number of benzene rings is 1. The number of nitro groups is 1. The van der Waals surface area contributed by atoms with Gasteiger partial charge in [0, 0.05) is 12.6 Å². The number of nitrogens with zero attached hydrogens (tertiary/aromatic N) is 1. The third-order valence-electron chi connectivity index (χ3n) is 2.88. The highest BCUT2D eigenvalue weighted by atomic mass is 16.6. The molecule has 2 N–H and O–H groups in total. The number of hydrogen-bond acceptors (Lipinski definition) is 5. The zero-order chi connectivity index (χ0) is 17.6. The van der Waals surface area contributed by atoms with Crippen molar-refractivity contribution < 1.29 is 14.5 Å². The Kier molecular flexibility index (Phi) is 6.36. The third kappa shape index (κ3) is 6.99. The average Bonchev–Trinajstić information content (AvgIpc) is 2.37. The number of nitro benzene ring substituents is 1. The van der Waals surface area contributed by atoms with Crippen molar-refractivity contribution in [1.29, 1.82) is 0 Å². The lowest BCUT2D eigenvalue weighted by Crippen LogP contribution is -2.27. The minimum Gasteiger partial charge on any atom is -0.444 e. The molecule has 1 rings (SSSR count). The van der Waals surface area contributed by atoms with Crippen LogP contribution in [0.3, 0.4) is 0 Å². The molecule has 0 radical (unpaired) electrons. The van der Waals surface area contributed by atoms with E-state index in [0.717, 1.165) is 6.42 Å². The largest absolute Gasteiger partial charge is 0.444 e. The van der Waals surface area contributed by atoms with E-state index >= 15 is 0 Å². The summed E-state index contributed by atoms with van der Waals surface area (Å²) in [7, 11) is 0. The van der Waals surface area contributed by atoms with Gasteiger partial charge in [0.05, 0.1) is 10.6 Å². The lowest BCUT2D eigenvalue weighted by molar-refractivity contribution is -0.383. The molecule has 1 amide bonds. The summed E-state index contributed by atoms with van der Waals surface area (Å²) >= 11 is 0. The van der Waals surface area contributed by atoms with Gasteiger partial charge in [-0.15, -0.1) is 0 Å². The summed E-state index contributed by atoms with van der Waals surface area (Å²) in [5.41, 5.74) is 0.0435. The topological polar surface area (TPSA) is 93.5 Å². The molecule has 0 atom stereocenters. The van der Waals surface area contributed by atoms with Gasteiger partial charge in [0.1, 0.15) is 11.3 Å². The molecule has 0 aliphatic carbocycles. The van der Waals surface area contributed by atoms with Crippen LogP contribution >= 0.6 is 0 Å². The standard InChI is InChI=1S/C16H25N3O4/c1-11(2)8-9-17-13-7-6-12(10-14(13)19(21)22)18-15(20)23-16(3,4)5/h6-7,10-11,17H,8-9H2,1-5H3,(H,18,20). The summed E-state index contributed by atoms with van der Waals surface area (Å²) in [6.07, 6.45) is 0.266. The SMILES string of the molecule is CC(C)CCNc1ccc(NC(=O)OC(C)(C)C)cc1[N+](=O)[O-]. The molecule has 7 heteroatoms. The second-order valence-corrected chi connectivity index (χ2v) is 6.73. The summed E-state index contributed by atoms with van der Waals surface area (Å²) in [5, 5.41) is 16.8. The molecule has 0 saturated carbocycles. The van der Waals surface area contributed by atoms with Crippen molar-refractivity contribution in [1.82, 2.24) is 0 Å². The van der Waals surface area contributed by atoms with Crippen LogP contribution in [0.5, 0.6) is 0 Å². The van der Waals surface area contributed by atoms with Crippen molar-refractivity contribution in [2.75, 3.05) is 17.2 Å². The van der Waals surface area contributed by atoms with E-state index in [0.29, 0.717) is 23.8 Å². The van der Waals surface area contributed by atoms with E-state index in [9.17, 15) is 14.9 Å². The second-order valence-electron chi connectivity index (χ2n) is 6.73. The smallest absolute Gasteiger partial charge is 0.412 e. The highest BCUT2D eigenvalue weighted by Gasteiger charge is 2.19. The van der Waals surface area contributed by atoms with Crippen molar-refractivity contribution in [2.24, 2.45) is 5.92 Å². The van der Waals surface area contributed by atoms with E-state index < -0.39 is 16.6 Å². The molecule has 0 aliphatic heterocycles. The zero-order valence-corrected chi connectivity index (χ0v) is 14.3. The van der Waals surface area contributed by atoms with Gasteiger partial charge >= 0.3 is 6.09 Å². The summed E-state index contributed by atoms with van der Waals surface area (Å²) in [6, 6.07) is 4.52. The Morgan fingerprint density at radius 1 is 1.35 bits per heavy atom. The van der Waals surface area contributed by atoms with Crippen LogP contribution in [0.15, 0.2) is 18.2 Å². The Hall–Kier alpha value is -2.31. The van der Waals surface area contributed by atoms with Crippen molar-refractivity contribution in [3.05, 3.63) is 28.3 Å². The third-order valence-corrected chi connectivity index (χ3v) is 2.88. The zero-order valence-electron chi connectivity index (χ0n) is 14.3. The second kappa shape index (κ2) is 7.80. The van der Waals surface area contributed by atoms with Gasteiger partial charge in [-0.05, 0) is 45.2 Å². The van der Waals surface area contributed by atoms with Gasteiger partial charge < -0.3 is 10.1 Å². The Morgan fingerprint density at radius 3 is 2.52 bits per heavy atom. The van der Waals surface area contributed by atoms with E-state index in [-0.39, 0.29) is 5.69 Å². The molecule has 0 heterocycles. The van der Waals surface area contributed by atoms with Gasteiger partial charge in [-0.3, -0.25) is 15.4 Å². The van der Waals surface area contributed by atoms with Crippen LogP contribution in [0.2, 0.25) is 0 Å². The number of carbonyl (C=O) groups is 1. The van der Waals surface area contributed by atoms with E-state index in [1.807, 2.05) is 0 Å². The van der Waals surface area contributed by atoms with Crippen LogP contribution in [0, 0.1) is 16.0 Å². The molecule has 0 saturated heterocycles. The van der Waals surface area contributed by atoms with Gasteiger partial charge in [-0.2, -0.15) is 0 Å². The molecule has 1 aromatic carbocycles. The van der Waals surface area contributed by atoms with Crippen LogP contribution < -0.4 is 10.6 Å². The van der Waals surface area contributed by atoms with Crippen molar-refractivity contribution >= 4 is 23.2 Å². The first-order valence-electron chi connectivity index (χ1n) is 7.61. The number of carbonyl (C=O) groups excluding carboxylic acids is 1. The van der Waals surface area contributed by atoms with E-state index in [4.69, 9.17) is 4.74 Å². The normalized spacial score (nSPS) is 11.2. The molecule has 23 heavy (non-hydrogen) atoms. The fourth-order valence-corrected chi connectivity index (χ4v) is 1.83. The van der Waals surface area contributed by atoms with Gasteiger partial charge in [-0.1, -0.05) is 13.8 Å². The van der Waals surface area contributed by atoms with Crippen molar-refractivity contribution in [2.45, 2.75) is 46.6 Å². The molecule has 0 unspecified atom stereocenters. The first kappa shape index (κ1) is 18.7. The molecule has 0 aliphatic rings. The predicted molar refractivity (Wildman–Crippen MR) is 90.9 cm³/mol. The van der Waals surface area contributed by atoms with Crippen LogP contribution in [0.4, 0.5) is 21.9 Å². The minimum atomic E-state index is -0.646. The van der Waals surface area contributed by atoms with Crippen molar-refractivity contribution in [3.63, 3.8) is 0 Å². The summed E-state index contributed by atoms with van der Waals surface area (Å²) < 4.78 is 5.13. The van der Waals surface area contributed by atoms with E-state index in [1.165, 1.54) is 6.07 Å². The maximum Gasteiger partial charge on any atom is 0.412 e. The maximum absolute atomic E-state index is 11.7. The van der Waals surface area contributed by atoms with Crippen molar-refractivity contribution in [3.8, 4) is 0 Å². The van der Waals surface area contributed by atoms with Gasteiger partial charge in [0.2, 0.25) is 0 Å². The summed E-state index contributed by atoms with van der Waals surface area (Å²) in [5.74, 6) is 0.509. The fraction of sp³-hybridized carbons (Fsp3) is 0.562. The van der Waals surface area contributed by atoms with Gasteiger partial charge in [-0.25, -0.2) is 4.79 Å². The van der Waals surface area contributed by atoms with Gasteiger partial charge in [0.15, 0.2) is 0 Å². The summed E-state index contributed by atoms with van der Waals surface area (Å²) in [6.45, 7) is 10.1. The van der Waals surface area contributed by atoms with Crippen LogP contribution in [-0.4, -0.2) is 23.2 Å². The number of rotatable bonds is 6. The molecule has 7 nitrogen and oxygen atoms in total. The van der Waals surface area contributed by atoms with E-state index in [1.54, 1.807) is 32.9 Å². The minimum absolute atomic E-state index is 0.0812.